The standard InChI is InChI=1S/C6H12N/c1-5(7-2)6-3-4-6/h5-6H,3-4H2,1-2H3. The Balaban J connectivity index is 2.10. The lowest BCUT2D eigenvalue weighted by molar-refractivity contribution is 0.536. The minimum absolute atomic E-state index is 0.639. The molecule has 0 heterocycles. The van der Waals surface area contributed by atoms with Crippen LogP contribution in [0.1, 0.15) is 19.8 Å². The van der Waals surface area contributed by atoms with Crippen molar-refractivity contribution in [3.8, 4) is 0 Å². The van der Waals surface area contributed by atoms with Crippen molar-refractivity contribution in [1.29, 1.82) is 0 Å². The van der Waals surface area contributed by atoms with Gasteiger partial charge in [-0.05, 0) is 25.7 Å². The van der Waals surface area contributed by atoms with Crippen LogP contribution in [0.4, 0.5) is 0 Å². The van der Waals surface area contributed by atoms with Crippen LogP contribution in [0.5, 0.6) is 0 Å². The summed E-state index contributed by atoms with van der Waals surface area (Å²) in [5.74, 6) is 0.949. The van der Waals surface area contributed by atoms with Crippen molar-refractivity contribution < 1.29 is 0 Å². The van der Waals surface area contributed by atoms with E-state index >= 15 is 0 Å². The van der Waals surface area contributed by atoms with Gasteiger partial charge in [0, 0.05) is 13.1 Å². The van der Waals surface area contributed by atoms with Gasteiger partial charge in [0.2, 0.25) is 0 Å². The second-order valence-corrected chi connectivity index (χ2v) is 2.34. The third-order valence-corrected chi connectivity index (χ3v) is 1.71. The molecule has 1 fully saturated rings. The first-order chi connectivity index (χ1) is 3.34. The van der Waals surface area contributed by atoms with Crippen molar-refractivity contribution in [2.24, 2.45) is 5.92 Å². The molecule has 1 saturated carbocycles. The van der Waals surface area contributed by atoms with Crippen LogP contribution in [-0.2, 0) is 0 Å². The average Bonchev–Trinajstić information content (AvgIpc) is 2.44. The van der Waals surface area contributed by atoms with E-state index in [0.717, 1.165) is 5.92 Å². The normalized spacial score (nSPS) is 24.9. The SMILES string of the molecule is C[N]C(C)C1CC1. The first-order valence-corrected chi connectivity index (χ1v) is 2.93. The Morgan fingerprint density at radius 1 is 1.57 bits per heavy atom. The van der Waals surface area contributed by atoms with Crippen molar-refractivity contribution >= 4 is 0 Å². The van der Waals surface area contributed by atoms with Gasteiger partial charge in [0.1, 0.15) is 0 Å². The fourth-order valence-corrected chi connectivity index (χ4v) is 0.789. The zero-order valence-electron chi connectivity index (χ0n) is 5.02. The molecule has 1 heteroatoms. The molecule has 1 unspecified atom stereocenters. The first-order valence-electron chi connectivity index (χ1n) is 2.93. The largest absolute Gasteiger partial charge is 0.242 e. The van der Waals surface area contributed by atoms with Gasteiger partial charge in [-0.1, -0.05) is 0 Å². The molecule has 7 heavy (non-hydrogen) atoms. The average molecular weight is 98.2 g/mol. The number of nitrogens with zero attached hydrogens (tertiary/aromatic N) is 1. The molecule has 41 valence electrons. The van der Waals surface area contributed by atoms with E-state index in [9.17, 15) is 0 Å². The van der Waals surface area contributed by atoms with Gasteiger partial charge in [-0.3, -0.25) is 0 Å². The maximum atomic E-state index is 4.15. The van der Waals surface area contributed by atoms with E-state index < -0.39 is 0 Å². The predicted octanol–water partition coefficient (Wildman–Crippen LogP) is 1.02. The highest BCUT2D eigenvalue weighted by atomic mass is 14.9. The maximum Gasteiger partial charge on any atom is 0.0242 e. The van der Waals surface area contributed by atoms with Crippen LogP contribution in [0, 0.1) is 5.92 Å². The van der Waals surface area contributed by atoms with E-state index in [-0.39, 0.29) is 0 Å². The van der Waals surface area contributed by atoms with Crippen molar-refractivity contribution in [3.63, 3.8) is 0 Å². The highest BCUT2D eigenvalue weighted by Crippen LogP contribution is 2.32. The molecule has 0 bridgehead atoms. The Morgan fingerprint density at radius 2 is 2.14 bits per heavy atom. The summed E-state index contributed by atoms with van der Waals surface area (Å²) in [4.78, 5) is 0. The summed E-state index contributed by atoms with van der Waals surface area (Å²) >= 11 is 0. The second-order valence-electron chi connectivity index (χ2n) is 2.34. The van der Waals surface area contributed by atoms with E-state index in [1.165, 1.54) is 12.8 Å². The lowest BCUT2D eigenvalue weighted by Gasteiger charge is -2.02. The maximum absolute atomic E-state index is 4.15. The first kappa shape index (κ1) is 5.10. The van der Waals surface area contributed by atoms with Crippen LogP contribution in [0.15, 0.2) is 0 Å². The smallest absolute Gasteiger partial charge is 0.0242 e. The molecule has 0 aromatic heterocycles. The highest BCUT2D eigenvalue weighted by molar-refractivity contribution is 4.81. The summed E-state index contributed by atoms with van der Waals surface area (Å²) < 4.78 is 0. The zero-order valence-corrected chi connectivity index (χ0v) is 5.02. The van der Waals surface area contributed by atoms with Gasteiger partial charge in [0.15, 0.2) is 0 Å². The van der Waals surface area contributed by atoms with Crippen LogP contribution in [-0.4, -0.2) is 13.1 Å². The zero-order chi connectivity index (χ0) is 5.28. The third kappa shape index (κ3) is 1.16. The second kappa shape index (κ2) is 1.83. The highest BCUT2D eigenvalue weighted by Gasteiger charge is 2.26. The van der Waals surface area contributed by atoms with Crippen LogP contribution in [0.2, 0.25) is 0 Å². The van der Waals surface area contributed by atoms with Gasteiger partial charge < -0.3 is 0 Å². The Kier molecular flexibility index (Phi) is 1.33. The summed E-state index contributed by atoms with van der Waals surface area (Å²) in [6, 6.07) is 0.639. The molecule has 1 rings (SSSR count). The van der Waals surface area contributed by atoms with Crippen molar-refractivity contribution in [2.45, 2.75) is 25.8 Å². The molecule has 1 atom stereocenters. The summed E-state index contributed by atoms with van der Waals surface area (Å²) in [5.41, 5.74) is 0. The molecule has 0 aliphatic heterocycles. The van der Waals surface area contributed by atoms with Crippen LogP contribution >= 0.6 is 0 Å². The van der Waals surface area contributed by atoms with Gasteiger partial charge in [0.05, 0.1) is 0 Å². The van der Waals surface area contributed by atoms with Gasteiger partial charge in [0.25, 0.3) is 0 Å². The summed E-state index contributed by atoms with van der Waals surface area (Å²) in [7, 11) is 1.91. The topological polar surface area (TPSA) is 14.1 Å². The van der Waals surface area contributed by atoms with Gasteiger partial charge >= 0.3 is 0 Å². The molecule has 1 aliphatic carbocycles. The van der Waals surface area contributed by atoms with Crippen molar-refractivity contribution in [2.75, 3.05) is 7.05 Å². The molecule has 0 aromatic rings. The quantitative estimate of drug-likeness (QED) is 0.489. The van der Waals surface area contributed by atoms with Gasteiger partial charge in [-0.15, -0.1) is 0 Å². The molecule has 0 spiro atoms. The van der Waals surface area contributed by atoms with Crippen molar-refractivity contribution in [1.82, 2.24) is 5.32 Å². The minimum atomic E-state index is 0.639. The van der Waals surface area contributed by atoms with E-state index in [0.29, 0.717) is 6.04 Å². The monoisotopic (exact) mass is 98.1 g/mol. The van der Waals surface area contributed by atoms with Gasteiger partial charge in [-0.2, -0.15) is 0 Å². The van der Waals surface area contributed by atoms with E-state index in [4.69, 9.17) is 0 Å². The van der Waals surface area contributed by atoms with Crippen LogP contribution < -0.4 is 5.32 Å². The summed E-state index contributed by atoms with van der Waals surface area (Å²) in [5, 5.41) is 4.15. The Bertz CT molecular complexity index is 57.2. The fraction of sp³-hybridized carbons (Fsp3) is 1.00. The van der Waals surface area contributed by atoms with E-state index in [1.807, 2.05) is 7.05 Å². The van der Waals surface area contributed by atoms with E-state index in [2.05, 4.69) is 12.2 Å². The van der Waals surface area contributed by atoms with E-state index in [1.54, 1.807) is 0 Å². The lowest BCUT2D eigenvalue weighted by Crippen LogP contribution is -2.15. The minimum Gasteiger partial charge on any atom is -0.242 e. The number of rotatable bonds is 2. The Morgan fingerprint density at radius 3 is 2.29 bits per heavy atom. The lowest BCUT2D eigenvalue weighted by atomic mass is 10.2. The molecule has 1 radical (unpaired) electrons. The number of hydrogen-bond acceptors (Lipinski definition) is 0. The molecule has 0 N–H and O–H groups in total. The summed E-state index contributed by atoms with van der Waals surface area (Å²) in [6.07, 6.45) is 2.83. The molecule has 0 amide bonds. The predicted molar refractivity (Wildman–Crippen MR) is 30.2 cm³/mol. The van der Waals surface area contributed by atoms with Crippen LogP contribution in [0.25, 0.3) is 0 Å². The molecule has 1 aliphatic rings. The molecule has 0 aromatic carbocycles. The molecule has 0 saturated heterocycles. The Hall–Kier alpha value is -0.0400. The Labute approximate surface area is 45.1 Å². The summed E-state index contributed by atoms with van der Waals surface area (Å²) in [6.45, 7) is 2.19. The molecular formula is C6H12N. The van der Waals surface area contributed by atoms with Crippen molar-refractivity contribution in [3.05, 3.63) is 0 Å². The molecule has 1 nitrogen and oxygen atoms in total. The van der Waals surface area contributed by atoms with Crippen LogP contribution in [0.3, 0.4) is 0 Å². The molecular weight excluding hydrogens is 86.1 g/mol. The number of hydrogen-bond donors (Lipinski definition) is 0. The third-order valence-electron chi connectivity index (χ3n) is 1.71. The van der Waals surface area contributed by atoms with Gasteiger partial charge in [-0.25, -0.2) is 5.32 Å². The fourth-order valence-electron chi connectivity index (χ4n) is 0.789.